The first kappa shape index (κ1) is 21.9. The molecule has 0 spiro atoms. The van der Waals surface area contributed by atoms with E-state index in [9.17, 15) is 14.0 Å². The number of hydrogen-bond donors (Lipinski definition) is 2. The minimum Gasteiger partial charge on any atom is -0.357 e. The highest BCUT2D eigenvalue weighted by Crippen LogP contribution is 2.48. The van der Waals surface area contributed by atoms with Crippen LogP contribution in [0.5, 0.6) is 0 Å². The molecule has 34 heavy (non-hydrogen) atoms. The predicted octanol–water partition coefficient (Wildman–Crippen LogP) is 6.67. The van der Waals surface area contributed by atoms with Crippen LogP contribution in [0, 0.1) is 11.2 Å². The highest BCUT2D eigenvalue weighted by molar-refractivity contribution is 6.09. The number of hydrogen-bond acceptors (Lipinski definition) is 3. The Hall–Kier alpha value is -3.93. The van der Waals surface area contributed by atoms with Crippen LogP contribution in [0.2, 0.25) is 0 Å². The van der Waals surface area contributed by atoms with Gasteiger partial charge in [0.2, 0.25) is 0 Å². The number of rotatable bonds is 2. The van der Waals surface area contributed by atoms with E-state index in [1.807, 2.05) is 54.6 Å². The van der Waals surface area contributed by atoms with E-state index < -0.39 is 6.04 Å². The lowest BCUT2D eigenvalue weighted by Crippen LogP contribution is -2.41. The number of fused-ring (bicyclic) bond motifs is 1. The van der Waals surface area contributed by atoms with Crippen molar-refractivity contribution in [1.82, 2.24) is 0 Å². The third kappa shape index (κ3) is 4.07. The molecule has 1 atom stereocenters. The number of amides is 2. The molecule has 3 aromatic rings. The van der Waals surface area contributed by atoms with Gasteiger partial charge in [0.25, 0.3) is 0 Å². The molecule has 1 heterocycles. The fourth-order valence-corrected chi connectivity index (χ4v) is 4.88. The Kier molecular flexibility index (Phi) is 5.44. The van der Waals surface area contributed by atoms with Gasteiger partial charge in [-0.05, 0) is 53.8 Å². The molecule has 172 valence electrons. The molecule has 0 saturated carbocycles. The van der Waals surface area contributed by atoms with Crippen molar-refractivity contribution >= 4 is 28.9 Å². The van der Waals surface area contributed by atoms with Gasteiger partial charge in [0.05, 0.1) is 17.4 Å². The smallest absolute Gasteiger partial charge is 0.327 e. The SMILES string of the molecule is CC1(C)CC(=O)C2=C(C1)Nc1ccccc1N(C(=O)Nc1ccccc1)[C@@H]2c1ccc(F)cc1. The largest absolute Gasteiger partial charge is 0.357 e. The highest BCUT2D eigenvalue weighted by Gasteiger charge is 2.43. The van der Waals surface area contributed by atoms with Gasteiger partial charge in [0, 0.05) is 23.4 Å². The summed E-state index contributed by atoms with van der Waals surface area (Å²) < 4.78 is 13.8. The normalized spacial score (nSPS) is 19.0. The number of benzene rings is 3. The average molecular weight is 456 g/mol. The molecule has 1 aliphatic carbocycles. The summed E-state index contributed by atoms with van der Waals surface area (Å²) in [6.45, 7) is 4.14. The van der Waals surface area contributed by atoms with E-state index in [4.69, 9.17) is 0 Å². The van der Waals surface area contributed by atoms with Gasteiger partial charge < -0.3 is 10.6 Å². The maximum Gasteiger partial charge on any atom is 0.327 e. The second-order valence-electron chi connectivity index (χ2n) is 9.60. The van der Waals surface area contributed by atoms with Crippen molar-refractivity contribution in [2.24, 2.45) is 5.41 Å². The molecule has 0 aromatic heterocycles. The Bertz CT molecular complexity index is 1280. The van der Waals surface area contributed by atoms with E-state index in [2.05, 4.69) is 24.5 Å². The number of nitrogens with one attached hydrogen (secondary N) is 2. The average Bonchev–Trinajstić information content (AvgIpc) is 2.94. The molecule has 0 radical (unpaired) electrons. The van der Waals surface area contributed by atoms with E-state index >= 15 is 0 Å². The zero-order valence-corrected chi connectivity index (χ0v) is 19.1. The number of carbonyl (C=O) groups excluding carboxylic acids is 2. The van der Waals surface area contributed by atoms with Crippen LogP contribution in [0.4, 0.5) is 26.2 Å². The number of Topliss-reactive ketones (excluding diaryl/α,β-unsaturated/α-hetero) is 1. The van der Waals surface area contributed by atoms with Gasteiger partial charge in [-0.3, -0.25) is 9.69 Å². The summed E-state index contributed by atoms with van der Waals surface area (Å²) in [5.41, 5.74) is 3.84. The highest BCUT2D eigenvalue weighted by atomic mass is 19.1. The molecular formula is C28H26FN3O2. The summed E-state index contributed by atoms with van der Waals surface area (Å²) in [5, 5.41) is 6.44. The number of nitrogens with zero attached hydrogens (tertiary/aromatic N) is 1. The number of ketones is 1. The summed E-state index contributed by atoms with van der Waals surface area (Å²) in [4.78, 5) is 29.0. The molecule has 2 amide bonds. The van der Waals surface area contributed by atoms with E-state index in [1.54, 1.807) is 17.0 Å². The summed E-state index contributed by atoms with van der Waals surface area (Å²) in [6, 6.07) is 21.7. The second-order valence-corrected chi connectivity index (χ2v) is 9.60. The van der Waals surface area contributed by atoms with Crippen molar-refractivity contribution in [3.63, 3.8) is 0 Å². The van der Waals surface area contributed by atoms with Crippen LogP contribution in [-0.4, -0.2) is 11.8 Å². The van der Waals surface area contributed by atoms with E-state index in [1.165, 1.54) is 12.1 Å². The minimum absolute atomic E-state index is 0.0154. The van der Waals surface area contributed by atoms with Crippen molar-refractivity contribution in [3.05, 3.63) is 102 Å². The molecule has 0 saturated heterocycles. The topological polar surface area (TPSA) is 61.4 Å². The van der Waals surface area contributed by atoms with E-state index in [0.717, 1.165) is 11.4 Å². The molecule has 5 nitrogen and oxygen atoms in total. The molecule has 1 aliphatic heterocycles. The molecule has 5 rings (SSSR count). The number of anilines is 3. The monoisotopic (exact) mass is 455 g/mol. The Morgan fingerprint density at radius 2 is 1.65 bits per heavy atom. The van der Waals surface area contributed by atoms with E-state index in [0.29, 0.717) is 35.4 Å². The summed E-state index contributed by atoms with van der Waals surface area (Å²) in [5.74, 6) is -0.389. The van der Waals surface area contributed by atoms with E-state index in [-0.39, 0.29) is 23.0 Å². The molecule has 0 fully saturated rings. The molecule has 0 unspecified atom stereocenters. The quantitative estimate of drug-likeness (QED) is 0.453. The minimum atomic E-state index is -0.709. The zero-order chi connectivity index (χ0) is 23.9. The Morgan fingerprint density at radius 3 is 2.38 bits per heavy atom. The molecule has 2 N–H and O–H groups in total. The van der Waals surface area contributed by atoms with Crippen LogP contribution in [0.1, 0.15) is 38.3 Å². The number of para-hydroxylation sites is 3. The van der Waals surface area contributed by atoms with Crippen LogP contribution >= 0.6 is 0 Å². The summed E-state index contributed by atoms with van der Waals surface area (Å²) in [6.07, 6.45) is 1.03. The first-order valence-corrected chi connectivity index (χ1v) is 11.4. The van der Waals surface area contributed by atoms with Crippen LogP contribution in [0.25, 0.3) is 0 Å². The fourth-order valence-electron chi connectivity index (χ4n) is 4.88. The predicted molar refractivity (Wildman–Crippen MR) is 132 cm³/mol. The molecule has 0 bridgehead atoms. The maximum absolute atomic E-state index is 13.8. The first-order chi connectivity index (χ1) is 16.3. The Labute approximate surface area is 198 Å². The molecular weight excluding hydrogens is 429 g/mol. The molecule has 6 heteroatoms. The first-order valence-electron chi connectivity index (χ1n) is 11.4. The Morgan fingerprint density at radius 1 is 0.971 bits per heavy atom. The summed E-state index contributed by atoms with van der Waals surface area (Å²) in [7, 11) is 0. The van der Waals surface area contributed by atoms with Gasteiger partial charge in [-0.1, -0.05) is 56.3 Å². The van der Waals surface area contributed by atoms with Gasteiger partial charge in [0.15, 0.2) is 5.78 Å². The van der Waals surface area contributed by atoms with Crippen molar-refractivity contribution < 1.29 is 14.0 Å². The number of halogens is 1. The van der Waals surface area contributed by atoms with Crippen LogP contribution in [0.3, 0.4) is 0 Å². The van der Waals surface area contributed by atoms with Gasteiger partial charge >= 0.3 is 6.03 Å². The third-order valence-electron chi connectivity index (χ3n) is 6.33. The summed E-state index contributed by atoms with van der Waals surface area (Å²) >= 11 is 0. The third-order valence-corrected chi connectivity index (χ3v) is 6.33. The lowest BCUT2D eigenvalue weighted by molar-refractivity contribution is -0.118. The van der Waals surface area contributed by atoms with Gasteiger partial charge in [0.1, 0.15) is 5.82 Å². The lowest BCUT2D eigenvalue weighted by Gasteiger charge is -2.37. The van der Waals surface area contributed by atoms with Crippen molar-refractivity contribution in [2.75, 3.05) is 15.5 Å². The number of carbonyl (C=O) groups is 2. The Balaban J connectivity index is 1.72. The fraction of sp³-hybridized carbons (Fsp3) is 0.214. The van der Waals surface area contributed by atoms with Gasteiger partial charge in [-0.15, -0.1) is 0 Å². The van der Waals surface area contributed by atoms with Crippen LogP contribution in [-0.2, 0) is 4.79 Å². The number of urea groups is 1. The van der Waals surface area contributed by atoms with Crippen LogP contribution in [0.15, 0.2) is 90.1 Å². The standard InChI is InChI=1S/C28H26FN3O2/c1-28(2)16-22-25(24(33)17-28)26(18-12-14-19(29)15-13-18)32(23-11-7-6-10-21(23)31-22)27(34)30-20-8-4-3-5-9-20/h3-15,26,31H,16-17H2,1-2H3,(H,30,34)/t26-/m1/s1. The van der Waals surface area contributed by atoms with Crippen molar-refractivity contribution in [1.29, 1.82) is 0 Å². The second kappa shape index (κ2) is 8.45. The zero-order valence-electron chi connectivity index (χ0n) is 19.1. The van der Waals surface area contributed by atoms with Gasteiger partial charge in [-0.2, -0.15) is 0 Å². The van der Waals surface area contributed by atoms with Crippen molar-refractivity contribution in [3.8, 4) is 0 Å². The molecule has 2 aliphatic rings. The van der Waals surface area contributed by atoms with Crippen LogP contribution < -0.4 is 15.5 Å². The van der Waals surface area contributed by atoms with Crippen molar-refractivity contribution in [2.45, 2.75) is 32.7 Å². The number of allylic oxidation sites excluding steroid dienone is 1. The lowest BCUT2D eigenvalue weighted by atomic mass is 9.73. The van der Waals surface area contributed by atoms with Gasteiger partial charge in [-0.25, -0.2) is 9.18 Å². The maximum atomic E-state index is 13.8. The molecule has 3 aromatic carbocycles.